The largest absolute Gasteiger partial charge is 0.351 e. The van der Waals surface area contributed by atoms with Gasteiger partial charge in [-0.25, -0.2) is 0 Å². The molecule has 0 atom stereocenters. The number of aromatic nitrogens is 1. The summed E-state index contributed by atoms with van der Waals surface area (Å²) in [6.45, 7) is 1.21. The predicted molar refractivity (Wildman–Crippen MR) is 75.7 cm³/mol. The number of hydrogen-bond donors (Lipinski definition) is 2. The van der Waals surface area contributed by atoms with Gasteiger partial charge in [0, 0.05) is 19.3 Å². The van der Waals surface area contributed by atoms with Gasteiger partial charge in [-0.15, -0.1) is 0 Å². The molecule has 0 bridgehead atoms. The number of hydrogen-bond acceptors (Lipinski definition) is 3. The fraction of sp³-hybridized carbons (Fsp3) is 0.600. The van der Waals surface area contributed by atoms with Crippen molar-refractivity contribution in [3.05, 3.63) is 29.6 Å². The Morgan fingerprint density at radius 1 is 1.32 bits per heavy atom. The highest BCUT2D eigenvalue weighted by molar-refractivity contribution is 5.92. The normalized spacial score (nSPS) is 16.3. The van der Waals surface area contributed by atoms with Gasteiger partial charge in [0.25, 0.3) is 5.91 Å². The maximum atomic E-state index is 11.9. The summed E-state index contributed by atoms with van der Waals surface area (Å²) in [6.07, 6.45) is 9.46. The lowest BCUT2D eigenvalue weighted by atomic mass is 9.87. The van der Waals surface area contributed by atoms with Gasteiger partial charge in [-0.3, -0.25) is 9.78 Å². The zero-order valence-electron chi connectivity index (χ0n) is 11.4. The van der Waals surface area contributed by atoms with Gasteiger partial charge >= 0.3 is 0 Å². The average Bonchev–Trinajstić information content (AvgIpc) is 2.48. The number of carbonyl (C=O) groups excluding carboxylic acids is 1. The number of rotatable bonds is 5. The molecule has 104 valence electrons. The zero-order chi connectivity index (χ0) is 13.5. The van der Waals surface area contributed by atoms with Crippen molar-refractivity contribution in [1.82, 2.24) is 10.3 Å². The van der Waals surface area contributed by atoms with E-state index in [-0.39, 0.29) is 5.91 Å². The number of pyridine rings is 1. The van der Waals surface area contributed by atoms with E-state index in [2.05, 4.69) is 10.3 Å². The standard InChI is InChI=1S/C15H23N3O/c16-10-13-6-7-14(18-11-13)15(19)17-9-8-12-4-2-1-3-5-12/h6-7,11-12H,1-5,8-10,16H2,(H,17,19). The van der Waals surface area contributed by atoms with Crippen LogP contribution in [0.4, 0.5) is 0 Å². The van der Waals surface area contributed by atoms with Crippen LogP contribution in [0.1, 0.15) is 54.6 Å². The summed E-state index contributed by atoms with van der Waals surface area (Å²) in [5.41, 5.74) is 6.91. The Labute approximate surface area is 114 Å². The van der Waals surface area contributed by atoms with E-state index in [4.69, 9.17) is 5.73 Å². The molecule has 1 amide bonds. The van der Waals surface area contributed by atoms with Crippen LogP contribution in [0.15, 0.2) is 18.3 Å². The maximum Gasteiger partial charge on any atom is 0.269 e. The maximum absolute atomic E-state index is 11.9. The Morgan fingerprint density at radius 2 is 2.11 bits per heavy atom. The lowest BCUT2D eigenvalue weighted by Crippen LogP contribution is -2.27. The SMILES string of the molecule is NCc1ccc(C(=O)NCCC2CCCCC2)nc1. The number of nitrogens with zero attached hydrogens (tertiary/aromatic N) is 1. The third-order valence-electron chi connectivity index (χ3n) is 3.86. The van der Waals surface area contributed by atoms with Gasteiger partial charge in [-0.1, -0.05) is 38.2 Å². The monoisotopic (exact) mass is 261 g/mol. The van der Waals surface area contributed by atoms with Crippen molar-refractivity contribution in [3.63, 3.8) is 0 Å². The Kier molecular flexibility index (Phi) is 5.33. The minimum absolute atomic E-state index is 0.0839. The van der Waals surface area contributed by atoms with Crippen molar-refractivity contribution in [1.29, 1.82) is 0 Å². The summed E-state index contributed by atoms with van der Waals surface area (Å²) in [7, 11) is 0. The molecule has 1 aliphatic rings. The quantitative estimate of drug-likeness (QED) is 0.854. The first-order valence-corrected chi connectivity index (χ1v) is 7.23. The summed E-state index contributed by atoms with van der Waals surface area (Å²) in [6, 6.07) is 3.58. The van der Waals surface area contributed by atoms with Gasteiger partial charge in [0.2, 0.25) is 0 Å². The third-order valence-corrected chi connectivity index (χ3v) is 3.86. The van der Waals surface area contributed by atoms with Crippen LogP contribution in [-0.2, 0) is 6.54 Å². The van der Waals surface area contributed by atoms with Crippen LogP contribution >= 0.6 is 0 Å². The Morgan fingerprint density at radius 3 is 2.74 bits per heavy atom. The molecule has 3 N–H and O–H groups in total. The summed E-state index contributed by atoms with van der Waals surface area (Å²) < 4.78 is 0. The minimum atomic E-state index is -0.0839. The molecule has 4 nitrogen and oxygen atoms in total. The number of nitrogens with one attached hydrogen (secondary N) is 1. The zero-order valence-corrected chi connectivity index (χ0v) is 11.4. The number of nitrogens with two attached hydrogens (primary N) is 1. The third kappa shape index (κ3) is 4.31. The molecular weight excluding hydrogens is 238 g/mol. The fourth-order valence-corrected chi connectivity index (χ4v) is 2.64. The first-order chi connectivity index (χ1) is 9.29. The van der Waals surface area contributed by atoms with Gasteiger partial charge < -0.3 is 11.1 Å². The average molecular weight is 261 g/mol. The molecule has 0 unspecified atom stereocenters. The Hall–Kier alpha value is -1.42. The van der Waals surface area contributed by atoms with E-state index in [1.807, 2.05) is 6.07 Å². The molecule has 1 heterocycles. The second kappa shape index (κ2) is 7.24. The summed E-state index contributed by atoms with van der Waals surface area (Å²) in [5.74, 6) is 0.709. The van der Waals surface area contributed by atoms with Crippen LogP contribution in [0.3, 0.4) is 0 Å². The molecule has 19 heavy (non-hydrogen) atoms. The smallest absolute Gasteiger partial charge is 0.269 e. The lowest BCUT2D eigenvalue weighted by Gasteiger charge is -2.21. The molecule has 0 radical (unpaired) electrons. The highest BCUT2D eigenvalue weighted by atomic mass is 16.1. The van der Waals surface area contributed by atoms with E-state index < -0.39 is 0 Å². The van der Waals surface area contributed by atoms with Gasteiger partial charge in [0.1, 0.15) is 5.69 Å². The number of amides is 1. The van der Waals surface area contributed by atoms with Gasteiger partial charge in [-0.05, 0) is 24.0 Å². The van der Waals surface area contributed by atoms with E-state index in [9.17, 15) is 4.79 Å². The highest BCUT2D eigenvalue weighted by Crippen LogP contribution is 2.25. The van der Waals surface area contributed by atoms with Gasteiger partial charge in [0.15, 0.2) is 0 Å². The summed E-state index contributed by atoms with van der Waals surface area (Å²) in [5, 5.41) is 2.95. The van der Waals surface area contributed by atoms with E-state index in [1.54, 1.807) is 12.3 Å². The van der Waals surface area contributed by atoms with Crippen LogP contribution < -0.4 is 11.1 Å². The molecule has 0 aliphatic heterocycles. The van der Waals surface area contributed by atoms with Gasteiger partial charge in [0.05, 0.1) is 0 Å². The molecule has 1 aromatic heterocycles. The first-order valence-electron chi connectivity index (χ1n) is 7.23. The van der Waals surface area contributed by atoms with Crippen molar-refractivity contribution in [2.45, 2.75) is 45.1 Å². The van der Waals surface area contributed by atoms with E-state index in [0.717, 1.165) is 24.4 Å². The van der Waals surface area contributed by atoms with E-state index in [1.165, 1.54) is 32.1 Å². The van der Waals surface area contributed by atoms with Crippen LogP contribution in [0.5, 0.6) is 0 Å². The minimum Gasteiger partial charge on any atom is -0.351 e. The van der Waals surface area contributed by atoms with Crippen LogP contribution in [0.25, 0.3) is 0 Å². The molecule has 1 aromatic rings. The van der Waals surface area contributed by atoms with Gasteiger partial charge in [-0.2, -0.15) is 0 Å². The predicted octanol–water partition coefficient (Wildman–Crippen LogP) is 2.24. The van der Waals surface area contributed by atoms with Crippen molar-refractivity contribution in [3.8, 4) is 0 Å². The molecule has 4 heteroatoms. The molecule has 1 aliphatic carbocycles. The van der Waals surface area contributed by atoms with E-state index in [0.29, 0.717) is 12.2 Å². The van der Waals surface area contributed by atoms with Crippen molar-refractivity contribution in [2.24, 2.45) is 11.7 Å². The van der Waals surface area contributed by atoms with Crippen LogP contribution in [0.2, 0.25) is 0 Å². The molecule has 0 spiro atoms. The summed E-state index contributed by atoms with van der Waals surface area (Å²) >= 11 is 0. The highest BCUT2D eigenvalue weighted by Gasteiger charge is 2.13. The van der Waals surface area contributed by atoms with Crippen molar-refractivity contribution < 1.29 is 4.79 Å². The Bertz CT molecular complexity index is 396. The molecule has 1 saturated carbocycles. The first kappa shape index (κ1) is 14.0. The second-order valence-electron chi connectivity index (χ2n) is 5.30. The molecule has 0 saturated heterocycles. The van der Waals surface area contributed by atoms with Crippen molar-refractivity contribution in [2.75, 3.05) is 6.54 Å². The topological polar surface area (TPSA) is 68.0 Å². The van der Waals surface area contributed by atoms with Crippen LogP contribution in [0, 0.1) is 5.92 Å². The molecule has 2 rings (SSSR count). The van der Waals surface area contributed by atoms with E-state index >= 15 is 0 Å². The molecule has 1 fully saturated rings. The fourth-order valence-electron chi connectivity index (χ4n) is 2.64. The summed E-state index contributed by atoms with van der Waals surface area (Å²) in [4.78, 5) is 16.0. The Balaban J connectivity index is 1.73. The van der Waals surface area contributed by atoms with Crippen molar-refractivity contribution >= 4 is 5.91 Å². The molecule has 0 aromatic carbocycles. The lowest BCUT2D eigenvalue weighted by molar-refractivity contribution is 0.0945. The molecular formula is C15H23N3O. The second-order valence-corrected chi connectivity index (χ2v) is 5.30. The number of carbonyl (C=O) groups is 1. The van der Waals surface area contributed by atoms with Crippen LogP contribution in [-0.4, -0.2) is 17.4 Å².